The first-order valence-corrected chi connectivity index (χ1v) is 17.5. The number of benzene rings is 4. The van der Waals surface area contributed by atoms with Crippen LogP contribution >= 0.6 is 0 Å². The molecule has 6 heterocycles. The fourth-order valence-electron chi connectivity index (χ4n) is 10.4. The van der Waals surface area contributed by atoms with Crippen LogP contribution in [0.3, 0.4) is 0 Å². The first-order chi connectivity index (χ1) is 24.4. The molecule has 0 unspecified atom stereocenters. The Morgan fingerprint density at radius 2 is 0.880 bits per heavy atom. The molecule has 0 bridgehead atoms. The number of amides is 4. The Morgan fingerprint density at radius 1 is 0.500 bits per heavy atom. The normalized spacial score (nSPS) is 32.9. The summed E-state index contributed by atoms with van der Waals surface area (Å²) >= 11 is 0. The second kappa shape index (κ2) is 10.4. The Morgan fingerprint density at radius 3 is 1.30 bits per heavy atom. The third-order valence-corrected chi connectivity index (χ3v) is 12.3. The van der Waals surface area contributed by atoms with Gasteiger partial charge in [-0.25, -0.2) is 0 Å². The summed E-state index contributed by atoms with van der Waals surface area (Å²) in [5, 5.41) is 13.6. The van der Waals surface area contributed by atoms with Crippen LogP contribution in [-0.4, -0.2) is 69.9 Å². The number of anilines is 2. The lowest BCUT2D eigenvalue weighted by Gasteiger charge is -2.48. The maximum Gasteiger partial charge on any atom is 0.247 e. The number of para-hydroxylation sites is 2. The van der Waals surface area contributed by atoms with E-state index in [2.05, 4.69) is 33.4 Å². The minimum absolute atomic E-state index is 0.134. The van der Waals surface area contributed by atoms with Gasteiger partial charge in [-0.05, 0) is 47.2 Å². The Labute approximate surface area is 289 Å². The van der Waals surface area contributed by atoms with Gasteiger partial charge >= 0.3 is 0 Å². The van der Waals surface area contributed by atoms with Gasteiger partial charge < -0.3 is 31.1 Å². The summed E-state index contributed by atoms with van der Waals surface area (Å²) in [5.41, 5.74) is 4.00. The minimum atomic E-state index is -0.861. The third kappa shape index (κ3) is 3.73. The molecule has 10 nitrogen and oxygen atoms in total. The lowest BCUT2D eigenvalue weighted by atomic mass is 9.54. The van der Waals surface area contributed by atoms with Gasteiger partial charge in [0.05, 0.1) is 10.8 Å². The maximum atomic E-state index is 14.6. The molecule has 0 aliphatic carbocycles. The van der Waals surface area contributed by atoms with Gasteiger partial charge in [0.15, 0.2) is 0 Å². The predicted octanol–water partition coefficient (Wildman–Crippen LogP) is 3.05. The first kappa shape index (κ1) is 29.3. The summed E-state index contributed by atoms with van der Waals surface area (Å²) in [6, 6.07) is 32.8. The fraction of sp³-hybridized carbons (Fsp3) is 0.300. The van der Waals surface area contributed by atoms with Crippen LogP contribution in [-0.2, 0) is 42.8 Å². The molecule has 10 heteroatoms. The van der Waals surface area contributed by atoms with E-state index in [1.165, 1.54) is 0 Å². The molecule has 6 aliphatic rings. The highest BCUT2D eigenvalue weighted by atomic mass is 16.2. The van der Waals surface area contributed by atoms with E-state index in [4.69, 9.17) is 0 Å². The molecular weight excluding hydrogens is 628 g/mol. The average molecular weight is 665 g/mol. The maximum absolute atomic E-state index is 14.6. The number of nitrogens with one attached hydrogen (secondary N) is 4. The number of carbonyl (C=O) groups excluding carboxylic acids is 4. The van der Waals surface area contributed by atoms with Crippen molar-refractivity contribution in [3.63, 3.8) is 0 Å². The molecule has 8 atom stereocenters. The molecule has 4 saturated heterocycles. The Kier molecular flexibility index (Phi) is 6.11. The highest BCUT2D eigenvalue weighted by Gasteiger charge is 2.78. The number of fused-ring (bicyclic) bond motifs is 11. The summed E-state index contributed by atoms with van der Waals surface area (Å²) in [6.45, 7) is 0. The van der Waals surface area contributed by atoms with E-state index < -0.39 is 47.3 Å². The topological polar surface area (TPSA) is 123 Å². The van der Waals surface area contributed by atoms with Gasteiger partial charge in [0.1, 0.15) is 36.5 Å². The van der Waals surface area contributed by atoms with Gasteiger partial charge in [0, 0.05) is 24.2 Å². The van der Waals surface area contributed by atoms with Crippen molar-refractivity contribution in [1.29, 1.82) is 0 Å². The second-order valence-electron chi connectivity index (χ2n) is 14.6. The van der Waals surface area contributed by atoms with Crippen LogP contribution in [0.4, 0.5) is 11.4 Å². The van der Waals surface area contributed by atoms with Crippen LogP contribution in [0.15, 0.2) is 109 Å². The molecule has 0 aromatic heterocycles. The Bertz CT molecular complexity index is 1940. The van der Waals surface area contributed by atoms with Crippen molar-refractivity contribution in [1.82, 2.24) is 20.4 Å². The molecule has 10 rings (SSSR count). The molecule has 4 N–H and O–H groups in total. The fourth-order valence-corrected chi connectivity index (χ4v) is 10.4. The van der Waals surface area contributed by atoms with E-state index in [9.17, 15) is 19.2 Å². The molecule has 4 aromatic carbocycles. The number of nitrogens with zero attached hydrogens (tertiary/aromatic N) is 2. The van der Waals surface area contributed by atoms with E-state index in [1.807, 2.05) is 97.1 Å². The average Bonchev–Trinajstić information content (AvgIpc) is 3.85. The molecule has 0 saturated carbocycles. The zero-order valence-electron chi connectivity index (χ0n) is 27.2. The van der Waals surface area contributed by atoms with Gasteiger partial charge in [0.2, 0.25) is 23.6 Å². The molecule has 6 aliphatic heterocycles. The standard InChI is InChI=1S/C40H36N6O4/c47-33-31-21-39(25-15-7-9-17-27(25)43-37(39)45(31)35(49)29(41-33)19-23-11-3-1-4-12-23)40-22-32-34(48)42-30(20-24-13-5-2-6-14-24)36(50)46(32)38(40)44-28-18-10-8-16-26(28)40/h1-18,29-32,37-38,43-44H,19-22H2,(H,41,47)(H,42,48)/t29-,30-,31-,32-,37+,38+,39-,40+/m0/s1. The van der Waals surface area contributed by atoms with E-state index in [0.29, 0.717) is 25.7 Å². The van der Waals surface area contributed by atoms with Gasteiger partial charge in [-0.3, -0.25) is 19.2 Å². The number of rotatable bonds is 5. The van der Waals surface area contributed by atoms with Crippen molar-refractivity contribution in [3.8, 4) is 0 Å². The van der Waals surface area contributed by atoms with Gasteiger partial charge in [-0.1, -0.05) is 97.1 Å². The quantitative estimate of drug-likeness (QED) is 0.260. The molecule has 0 radical (unpaired) electrons. The molecule has 4 aromatic rings. The highest BCUT2D eigenvalue weighted by Crippen LogP contribution is 2.68. The second-order valence-corrected chi connectivity index (χ2v) is 14.6. The number of hydrogen-bond acceptors (Lipinski definition) is 6. The highest BCUT2D eigenvalue weighted by molar-refractivity contribution is 6.01. The first-order valence-electron chi connectivity index (χ1n) is 17.5. The molecule has 250 valence electrons. The zero-order chi connectivity index (χ0) is 33.8. The molecular formula is C40H36N6O4. The van der Waals surface area contributed by atoms with Crippen LogP contribution < -0.4 is 21.3 Å². The summed E-state index contributed by atoms with van der Waals surface area (Å²) in [4.78, 5) is 61.2. The molecule has 0 spiro atoms. The zero-order valence-corrected chi connectivity index (χ0v) is 27.2. The van der Waals surface area contributed by atoms with E-state index in [-0.39, 0.29) is 23.6 Å². The van der Waals surface area contributed by atoms with Gasteiger partial charge in [0.25, 0.3) is 0 Å². The number of hydrogen-bond donors (Lipinski definition) is 4. The Hall–Kier alpha value is -5.64. The summed E-state index contributed by atoms with van der Waals surface area (Å²) in [5.74, 6) is -0.632. The summed E-state index contributed by atoms with van der Waals surface area (Å²) in [7, 11) is 0. The Balaban J connectivity index is 1.13. The van der Waals surface area contributed by atoms with Crippen LogP contribution in [0.1, 0.15) is 35.1 Å². The van der Waals surface area contributed by atoms with Crippen LogP contribution in [0.2, 0.25) is 0 Å². The third-order valence-electron chi connectivity index (χ3n) is 12.3. The predicted molar refractivity (Wildman–Crippen MR) is 186 cm³/mol. The molecule has 50 heavy (non-hydrogen) atoms. The van der Waals surface area contributed by atoms with Crippen molar-refractivity contribution >= 4 is 35.0 Å². The van der Waals surface area contributed by atoms with E-state index >= 15 is 0 Å². The summed E-state index contributed by atoms with van der Waals surface area (Å²) in [6.07, 6.45) is 0.273. The monoisotopic (exact) mass is 664 g/mol. The summed E-state index contributed by atoms with van der Waals surface area (Å²) < 4.78 is 0. The van der Waals surface area contributed by atoms with Crippen LogP contribution in [0.25, 0.3) is 0 Å². The SMILES string of the molecule is O=C1N[C@@H](Cc2ccccc2)C(=O)N2[C@H]3Nc4ccccc4[C@@]3([C@@]34C[C@H]5C(=O)N[C@@H](Cc6ccccc6)C(=O)N5[C@H]3Nc3ccccc34)C[C@@H]12. The van der Waals surface area contributed by atoms with Gasteiger partial charge in [-0.15, -0.1) is 0 Å². The van der Waals surface area contributed by atoms with Crippen molar-refractivity contribution in [2.24, 2.45) is 0 Å². The smallest absolute Gasteiger partial charge is 0.247 e. The van der Waals surface area contributed by atoms with Gasteiger partial charge in [-0.2, -0.15) is 0 Å². The van der Waals surface area contributed by atoms with E-state index in [0.717, 1.165) is 33.6 Å². The number of piperazine rings is 2. The minimum Gasteiger partial charge on any atom is -0.364 e. The van der Waals surface area contributed by atoms with E-state index in [1.54, 1.807) is 9.80 Å². The van der Waals surface area contributed by atoms with Crippen molar-refractivity contribution in [3.05, 3.63) is 131 Å². The van der Waals surface area contributed by atoms with Crippen LogP contribution in [0, 0.1) is 0 Å². The van der Waals surface area contributed by atoms with Crippen molar-refractivity contribution in [2.75, 3.05) is 10.6 Å². The largest absolute Gasteiger partial charge is 0.364 e. The van der Waals surface area contributed by atoms with Crippen LogP contribution in [0.5, 0.6) is 0 Å². The lowest BCUT2D eigenvalue weighted by Crippen LogP contribution is -2.67. The van der Waals surface area contributed by atoms with Crippen molar-refractivity contribution in [2.45, 2.75) is 73.0 Å². The molecule has 4 fully saturated rings. The molecule has 4 amide bonds. The number of carbonyl (C=O) groups is 4. The van der Waals surface area contributed by atoms with Crippen molar-refractivity contribution < 1.29 is 19.2 Å². The lowest BCUT2D eigenvalue weighted by molar-refractivity contribution is -0.149.